The molecule has 92 valence electrons. The van der Waals surface area contributed by atoms with Gasteiger partial charge in [-0.15, -0.1) is 0 Å². The van der Waals surface area contributed by atoms with Crippen molar-refractivity contribution in [3.8, 4) is 5.75 Å². The van der Waals surface area contributed by atoms with E-state index >= 15 is 0 Å². The van der Waals surface area contributed by atoms with E-state index in [1.165, 1.54) is 0 Å². The number of rotatable bonds is 4. The van der Waals surface area contributed by atoms with Crippen LogP contribution in [0.5, 0.6) is 5.75 Å². The molecule has 4 heteroatoms. The van der Waals surface area contributed by atoms with E-state index in [2.05, 4.69) is 4.90 Å². The Kier molecular flexibility index (Phi) is 3.64. The Labute approximate surface area is 101 Å². The van der Waals surface area contributed by atoms with Crippen molar-refractivity contribution >= 4 is 5.91 Å². The Morgan fingerprint density at radius 3 is 2.94 bits per heavy atom. The fourth-order valence-corrected chi connectivity index (χ4v) is 2.40. The van der Waals surface area contributed by atoms with Crippen molar-refractivity contribution in [1.82, 2.24) is 4.90 Å². The quantitative estimate of drug-likeness (QED) is 0.813. The van der Waals surface area contributed by atoms with Crippen LogP contribution >= 0.6 is 0 Å². The summed E-state index contributed by atoms with van der Waals surface area (Å²) in [5, 5.41) is 9.65. The van der Waals surface area contributed by atoms with Crippen LogP contribution in [0.15, 0.2) is 24.3 Å². The number of aromatic hydroxyl groups is 1. The van der Waals surface area contributed by atoms with Crippen LogP contribution in [-0.4, -0.2) is 35.0 Å². The van der Waals surface area contributed by atoms with Gasteiger partial charge in [0.1, 0.15) is 5.75 Å². The standard InChI is InChI=1S/C13H18N2O2/c14-13(17)11-5-3-8-15(11)9-7-10-4-1-2-6-12(10)16/h1-2,4,6,11,16H,3,5,7-9H2,(H2,14,17). The number of carbonyl (C=O) groups is 1. The molecule has 1 aliphatic rings. The van der Waals surface area contributed by atoms with Gasteiger partial charge in [-0.1, -0.05) is 18.2 Å². The van der Waals surface area contributed by atoms with Gasteiger partial charge in [0.05, 0.1) is 6.04 Å². The summed E-state index contributed by atoms with van der Waals surface area (Å²) in [5.74, 6) is 0.0853. The van der Waals surface area contributed by atoms with E-state index in [9.17, 15) is 9.90 Å². The molecule has 1 fully saturated rings. The lowest BCUT2D eigenvalue weighted by molar-refractivity contribution is -0.122. The molecule has 0 saturated carbocycles. The normalized spacial score (nSPS) is 20.6. The molecular weight excluding hydrogens is 216 g/mol. The van der Waals surface area contributed by atoms with Gasteiger partial charge in [-0.3, -0.25) is 9.69 Å². The van der Waals surface area contributed by atoms with Gasteiger partial charge in [0.25, 0.3) is 0 Å². The molecule has 1 aromatic rings. The summed E-state index contributed by atoms with van der Waals surface area (Å²) in [6.45, 7) is 1.69. The van der Waals surface area contributed by atoms with Gasteiger partial charge in [-0.25, -0.2) is 0 Å². The molecule has 1 aliphatic heterocycles. The molecule has 1 amide bonds. The molecule has 1 atom stereocenters. The van der Waals surface area contributed by atoms with Crippen LogP contribution in [0.2, 0.25) is 0 Å². The highest BCUT2D eigenvalue weighted by molar-refractivity contribution is 5.80. The SMILES string of the molecule is NC(=O)C1CCCN1CCc1ccccc1O. The predicted molar refractivity (Wildman–Crippen MR) is 65.6 cm³/mol. The third-order valence-electron chi connectivity index (χ3n) is 3.35. The second kappa shape index (κ2) is 5.19. The molecule has 0 spiro atoms. The van der Waals surface area contributed by atoms with Crippen LogP contribution in [0.3, 0.4) is 0 Å². The summed E-state index contributed by atoms with van der Waals surface area (Å²) in [5.41, 5.74) is 6.28. The molecular formula is C13H18N2O2. The number of hydrogen-bond donors (Lipinski definition) is 2. The zero-order valence-electron chi connectivity index (χ0n) is 9.80. The summed E-state index contributed by atoms with van der Waals surface area (Å²) in [6.07, 6.45) is 2.63. The lowest BCUT2D eigenvalue weighted by Gasteiger charge is -2.21. The molecule has 1 unspecified atom stereocenters. The zero-order valence-corrected chi connectivity index (χ0v) is 9.80. The van der Waals surface area contributed by atoms with E-state index in [0.29, 0.717) is 5.75 Å². The lowest BCUT2D eigenvalue weighted by Crippen LogP contribution is -2.41. The van der Waals surface area contributed by atoms with Crippen molar-refractivity contribution in [3.05, 3.63) is 29.8 Å². The molecule has 1 saturated heterocycles. The van der Waals surface area contributed by atoms with Gasteiger partial charge in [-0.2, -0.15) is 0 Å². The van der Waals surface area contributed by atoms with E-state index in [1.807, 2.05) is 12.1 Å². The Hall–Kier alpha value is -1.55. The van der Waals surface area contributed by atoms with Crippen molar-refractivity contribution in [1.29, 1.82) is 0 Å². The average Bonchev–Trinajstić information content (AvgIpc) is 2.76. The summed E-state index contributed by atoms with van der Waals surface area (Å²) >= 11 is 0. The van der Waals surface area contributed by atoms with E-state index in [0.717, 1.165) is 37.9 Å². The number of phenolic OH excluding ortho intramolecular Hbond substituents is 1. The van der Waals surface area contributed by atoms with Crippen LogP contribution in [0.1, 0.15) is 18.4 Å². The summed E-state index contributed by atoms with van der Waals surface area (Å²) in [4.78, 5) is 13.3. The second-order valence-electron chi connectivity index (χ2n) is 4.48. The fraction of sp³-hybridized carbons (Fsp3) is 0.462. The largest absolute Gasteiger partial charge is 0.508 e. The maximum absolute atomic E-state index is 11.2. The zero-order chi connectivity index (χ0) is 12.3. The van der Waals surface area contributed by atoms with E-state index in [-0.39, 0.29) is 11.9 Å². The van der Waals surface area contributed by atoms with Crippen molar-refractivity contribution in [2.45, 2.75) is 25.3 Å². The number of nitrogens with zero attached hydrogens (tertiary/aromatic N) is 1. The molecule has 0 aliphatic carbocycles. The first-order valence-corrected chi connectivity index (χ1v) is 5.98. The topological polar surface area (TPSA) is 66.6 Å². The summed E-state index contributed by atoms with van der Waals surface area (Å²) in [7, 11) is 0. The Bertz CT molecular complexity index is 406. The first-order chi connectivity index (χ1) is 8.18. The monoisotopic (exact) mass is 234 g/mol. The smallest absolute Gasteiger partial charge is 0.234 e. The van der Waals surface area contributed by atoms with Crippen molar-refractivity contribution in [2.75, 3.05) is 13.1 Å². The Morgan fingerprint density at radius 1 is 1.47 bits per heavy atom. The number of nitrogens with two attached hydrogens (primary N) is 1. The molecule has 2 rings (SSSR count). The van der Waals surface area contributed by atoms with Gasteiger partial charge < -0.3 is 10.8 Å². The van der Waals surface area contributed by atoms with Crippen LogP contribution in [0.25, 0.3) is 0 Å². The minimum absolute atomic E-state index is 0.124. The molecule has 0 aromatic heterocycles. The number of carbonyl (C=O) groups excluding carboxylic acids is 1. The summed E-state index contributed by atoms with van der Waals surface area (Å²) in [6, 6.07) is 7.18. The molecule has 4 nitrogen and oxygen atoms in total. The number of amides is 1. The van der Waals surface area contributed by atoms with Crippen molar-refractivity contribution < 1.29 is 9.90 Å². The minimum atomic E-state index is -0.236. The fourth-order valence-electron chi connectivity index (χ4n) is 2.40. The first kappa shape index (κ1) is 11.9. The van der Waals surface area contributed by atoms with Crippen LogP contribution in [0.4, 0.5) is 0 Å². The third kappa shape index (κ3) is 2.77. The van der Waals surface area contributed by atoms with Gasteiger partial charge in [-0.05, 0) is 37.4 Å². The maximum atomic E-state index is 11.2. The van der Waals surface area contributed by atoms with Gasteiger partial charge in [0.2, 0.25) is 5.91 Å². The highest BCUT2D eigenvalue weighted by atomic mass is 16.3. The average molecular weight is 234 g/mol. The molecule has 3 N–H and O–H groups in total. The number of benzene rings is 1. The molecule has 0 bridgehead atoms. The molecule has 0 radical (unpaired) electrons. The van der Waals surface area contributed by atoms with E-state index in [4.69, 9.17) is 5.73 Å². The molecule has 1 heterocycles. The number of hydrogen-bond acceptors (Lipinski definition) is 3. The summed E-state index contributed by atoms with van der Waals surface area (Å²) < 4.78 is 0. The second-order valence-corrected chi connectivity index (χ2v) is 4.48. The van der Waals surface area contributed by atoms with E-state index < -0.39 is 0 Å². The number of primary amides is 1. The van der Waals surface area contributed by atoms with Crippen molar-refractivity contribution in [2.24, 2.45) is 5.73 Å². The van der Waals surface area contributed by atoms with E-state index in [1.54, 1.807) is 12.1 Å². The van der Waals surface area contributed by atoms with Crippen molar-refractivity contribution in [3.63, 3.8) is 0 Å². The van der Waals surface area contributed by atoms with Gasteiger partial charge in [0, 0.05) is 6.54 Å². The molecule has 17 heavy (non-hydrogen) atoms. The van der Waals surface area contributed by atoms with Gasteiger partial charge in [0.15, 0.2) is 0 Å². The predicted octanol–water partition coefficient (Wildman–Crippen LogP) is 0.884. The highest BCUT2D eigenvalue weighted by Crippen LogP contribution is 2.20. The lowest BCUT2D eigenvalue weighted by atomic mass is 10.1. The first-order valence-electron chi connectivity index (χ1n) is 5.98. The number of para-hydroxylation sites is 1. The molecule has 1 aromatic carbocycles. The highest BCUT2D eigenvalue weighted by Gasteiger charge is 2.28. The third-order valence-corrected chi connectivity index (χ3v) is 3.35. The minimum Gasteiger partial charge on any atom is -0.508 e. The van der Waals surface area contributed by atoms with Crippen LogP contribution < -0.4 is 5.73 Å². The Balaban J connectivity index is 1.94. The van der Waals surface area contributed by atoms with Crippen LogP contribution in [0, 0.1) is 0 Å². The van der Waals surface area contributed by atoms with Crippen LogP contribution in [-0.2, 0) is 11.2 Å². The number of phenols is 1. The number of likely N-dealkylation sites (tertiary alicyclic amines) is 1. The Morgan fingerprint density at radius 2 is 2.24 bits per heavy atom. The van der Waals surface area contributed by atoms with Gasteiger partial charge >= 0.3 is 0 Å². The maximum Gasteiger partial charge on any atom is 0.234 e.